The molecule has 1 aliphatic rings. The molecule has 1 aliphatic heterocycles. The van der Waals surface area contributed by atoms with E-state index < -0.39 is 10.8 Å². The van der Waals surface area contributed by atoms with Crippen molar-refractivity contribution in [2.45, 2.75) is 46.0 Å². The van der Waals surface area contributed by atoms with Crippen molar-refractivity contribution in [1.29, 1.82) is 0 Å². The van der Waals surface area contributed by atoms with Crippen LogP contribution >= 0.6 is 11.3 Å². The van der Waals surface area contributed by atoms with Crippen LogP contribution in [0.2, 0.25) is 0 Å². The lowest BCUT2D eigenvalue weighted by Crippen LogP contribution is -2.33. The Morgan fingerprint density at radius 3 is 2.79 bits per heavy atom. The van der Waals surface area contributed by atoms with Gasteiger partial charge in [0.15, 0.2) is 0 Å². The number of piperidine rings is 1. The maximum Gasteiger partial charge on any atom is 0.293 e. The number of anilines is 2. The van der Waals surface area contributed by atoms with Crippen LogP contribution in [-0.2, 0) is 6.42 Å². The second-order valence-electron chi connectivity index (χ2n) is 7.19. The molecule has 8 nitrogen and oxygen atoms in total. The molecule has 2 heterocycles. The molecule has 150 valence electrons. The van der Waals surface area contributed by atoms with E-state index in [2.05, 4.69) is 29.4 Å². The van der Waals surface area contributed by atoms with Gasteiger partial charge in [0.05, 0.1) is 4.92 Å². The molecule has 2 aromatic rings. The summed E-state index contributed by atoms with van der Waals surface area (Å²) in [6.07, 6.45) is 4.94. The van der Waals surface area contributed by atoms with E-state index >= 15 is 0 Å². The van der Waals surface area contributed by atoms with Gasteiger partial charge >= 0.3 is 0 Å². The summed E-state index contributed by atoms with van der Waals surface area (Å²) < 4.78 is 0. The van der Waals surface area contributed by atoms with Crippen LogP contribution in [0, 0.1) is 16.0 Å². The Bertz CT molecular complexity index is 846. The van der Waals surface area contributed by atoms with Crippen molar-refractivity contribution in [3.05, 3.63) is 38.9 Å². The summed E-state index contributed by atoms with van der Waals surface area (Å²) in [4.78, 5) is 25.7. The summed E-state index contributed by atoms with van der Waals surface area (Å²) in [6.45, 7) is 5.88. The van der Waals surface area contributed by atoms with E-state index in [9.17, 15) is 14.9 Å². The molecule has 0 radical (unpaired) electrons. The van der Waals surface area contributed by atoms with Crippen LogP contribution in [0.5, 0.6) is 0 Å². The number of hydrogen-bond acceptors (Lipinski definition) is 7. The van der Waals surface area contributed by atoms with Gasteiger partial charge in [0.1, 0.15) is 10.7 Å². The number of hydrogen-bond donors (Lipinski definition) is 1. The number of aryl methyl sites for hydroxylation is 1. The van der Waals surface area contributed by atoms with Gasteiger partial charge in [0, 0.05) is 31.1 Å². The molecule has 0 unspecified atom stereocenters. The first-order chi connectivity index (χ1) is 13.5. The zero-order valence-corrected chi connectivity index (χ0v) is 17.0. The summed E-state index contributed by atoms with van der Waals surface area (Å²) >= 11 is 1.34. The summed E-state index contributed by atoms with van der Waals surface area (Å²) in [5.74, 6) is 0.217. The summed E-state index contributed by atoms with van der Waals surface area (Å²) in [5.41, 5.74) is 0.778. The van der Waals surface area contributed by atoms with Gasteiger partial charge in [-0.25, -0.2) is 0 Å². The van der Waals surface area contributed by atoms with Crippen molar-refractivity contribution >= 4 is 33.8 Å². The first-order valence-electron chi connectivity index (χ1n) is 9.65. The van der Waals surface area contributed by atoms with Gasteiger partial charge in [0.25, 0.3) is 11.6 Å². The Kier molecular flexibility index (Phi) is 6.56. The average Bonchev–Trinajstić information content (AvgIpc) is 3.13. The number of nitro groups is 1. The van der Waals surface area contributed by atoms with Crippen molar-refractivity contribution in [3.63, 3.8) is 0 Å². The Balaban J connectivity index is 1.74. The van der Waals surface area contributed by atoms with Gasteiger partial charge in [-0.05, 0) is 37.3 Å². The molecule has 0 spiro atoms. The Morgan fingerprint density at radius 2 is 2.11 bits per heavy atom. The molecule has 9 heteroatoms. The van der Waals surface area contributed by atoms with E-state index in [-0.39, 0.29) is 11.3 Å². The Morgan fingerprint density at radius 1 is 1.36 bits per heavy atom. The molecule has 3 rings (SSSR count). The monoisotopic (exact) mass is 403 g/mol. The number of benzene rings is 1. The molecule has 0 aliphatic carbocycles. The molecule has 1 aromatic carbocycles. The number of nitro benzene ring substituents is 1. The van der Waals surface area contributed by atoms with Crippen LogP contribution < -0.4 is 10.2 Å². The number of carbonyl (C=O) groups is 1. The van der Waals surface area contributed by atoms with Crippen LogP contribution in [0.1, 0.15) is 54.9 Å². The fourth-order valence-electron chi connectivity index (χ4n) is 3.23. The standard InChI is InChI=1S/C19H25N5O3S/c1-3-4-5-17-21-22-19(28-17)20-18(25)14-6-7-15(16(12-14)24(26)27)23-10-8-13(2)9-11-23/h6-7,12-13H,3-5,8-11H2,1-2H3,(H,20,22,25). The van der Waals surface area contributed by atoms with E-state index in [0.717, 1.165) is 50.2 Å². The topological polar surface area (TPSA) is 101 Å². The molecule has 0 bridgehead atoms. The predicted octanol–water partition coefficient (Wildman–Crippen LogP) is 4.28. The van der Waals surface area contributed by atoms with E-state index in [1.807, 2.05) is 4.90 Å². The highest BCUT2D eigenvalue weighted by Crippen LogP contribution is 2.32. The Hall–Kier alpha value is -2.55. The van der Waals surface area contributed by atoms with Crippen molar-refractivity contribution in [2.75, 3.05) is 23.3 Å². The molecule has 1 aromatic heterocycles. The second-order valence-corrected chi connectivity index (χ2v) is 8.25. The fourth-order valence-corrected chi connectivity index (χ4v) is 4.01. The Labute approximate surface area is 168 Å². The van der Waals surface area contributed by atoms with E-state index in [4.69, 9.17) is 0 Å². The first kappa shape index (κ1) is 20.2. The van der Waals surface area contributed by atoms with Gasteiger partial charge in [-0.2, -0.15) is 0 Å². The number of nitrogens with zero attached hydrogens (tertiary/aromatic N) is 4. The van der Waals surface area contributed by atoms with Crippen molar-refractivity contribution < 1.29 is 9.72 Å². The van der Waals surface area contributed by atoms with Crippen LogP contribution in [-0.4, -0.2) is 34.1 Å². The number of nitrogens with one attached hydrogen (secondary N) is 1. The fraction of sp³-hybridized carbons (Fsp3) is 0.526. The number of carbonyl (C=O) groups excluding carboxylic acids is 1. The largest absolute Gasteiger partial charge is 0.366 e. The van der Waals surface area contributed by atoms with Crippen LogP contribution in [0.25, 0.3) is 0 Å². The number of amides is 1. The molecule has 28 heavy (non-hydrogen) atoms. The first-order valence-corrected chi connectivity index (χ1v) is 10.5. The zero-order valence-electron chi connectivity index (χ0n) is 16.2. The minimum atomic E-state index is -0.419. The summed E-state index contributed by atoms with van der Waals surface area (Å²) in [7, 11) is 0. The third-order valence-electron chi connectivity index (χ3n) is 4.99. The summed E-state index contributed by atoms with van der Waals surface area (Å²) in [6, 6.07) is 4.66. The maximum atomic E-state index is 12.5. The van der Waals surface area contributed by atoms with Crippen LogP contribution in [0.15, 0.2) is 18.2 Å². The van der Waals surface area contributed by atoms with E-state index in [0.29, 0.717) is 16.7 Å². The smallest absolute Gasteiger partial charge is 0.293 e. The minimum absolute atomic E-state index is 0.0388. The normalized spacial score (nSPS) is 14.9. The third kappa shape index (κ3) is 4.83. The van der Waals surface area contributed by atoms with Crippen LogP contribution in [0.4, 0.5) is 16.5 Å². The number of rotatable bonds is 7. The predicted molar refractivity (Wildman–Crippen MR) is 110 cm³/mol. The summed E-state index contributed by atoms with van der Waals surface area (Å²) in [5, 5.41) is 23.6. The highest BCUT2D eigenvalue weighted by Gasteiger charge is 2.25. The van der Waals surface area contributed by atoms with Gasteiger partial charge in [-0.1, -0.05) is 31.6 Å². The molecular weight excluding hydrogens is 378 g/mol. The highest BCUT2D eigenvalue weighted by atomic mass is 32.1. The molecular formula is C19H25N5O3S. The minimum Gasteiger partial charge on any atom is -0.366 e. The average molecular weight is 404 g/mol. The van der Waals surface area contributed by atoms with Crippen molar-refractivity contribution in [1.82, 2.24) is 10.2 Å². The lowest BCUT2D eigenvalue weighted by molar-refractivity contribution is -0.384. The number of aromatic nitrogens is 2. The molecule has 1 N–H and O–H groups in total. The molecule has 0 atom stereocenters. The second kappa shape index (κ2) is 9.09. The van der Waals surface area contributed by atoms with Crippen molar-refractivity contribution in [3.8, 4) is 0 Å². The SMILES string of the molecule is CCCCc1nnc(NC(=O)c2ccc(N3CCC(C)CC3)c([N+](=O)[O-])c2)s1. The maximum absolute atomic E-state index is 12.5. The van der Waals surface area contributed by atoms with Crippen molar-refractivity contribution in [2.24, 2.45) is 5.92 Å². The number of unbranched alkanes of at least 4 members (excludes halogenated alkanes) is 1. The molecule has 1 fully saturated rings. The molecule has 1 saturated heterocycles. The van der Waals surface area contributed by atoms with Gasteiger partial charge in [0.2, 0.25) is 5.13 Å². The van der Waals surface area contributed by atoms with Crippen LogP contribution in [0.3, 0.4) is 0 Å². The molecule has 1 amide bonds. The van der Waals surface area contributed by atoms with E-state index in [1.54, 1.807) is 12.1 Å². The van der Waals surface area contributed by atoms with Gasteiger partial charge in [-0.15, -0.1) is 10.2 Å². The lowest BCUT2D eigenvalue weighted by atomic mass is 9.98. The lowest BCUT2D eigenvalue weighted by Gasteiger charge is -2.31. The zero-order chi connectivity index (χ0) is 20.1. The van der Waals surface area contributed by atoms with Gasteiger partial charge < -0.3 is 4.90 Å². The molecule has 0 saturated carbocycles. The quantitative estimate of drug-likeness (QED) is 0.547. The highest BCUT2D eigenvalue weighted by molar-refractivity contribution is 7.15. The third-order valence-corrected chi connectivity index (χ3v) is 5.89. The van der Waals surface area contributed by atoms with Gasteiger partial charge in [-0.3, -0.25) is 20.2 Å². The van der Waals surface area contributed by atoms with E-state index in [1.165, 1.54) is 17.4 Å².